The van der Waals surface area contributed by atoms with E-state index in [-0.39, 0.29) is 6.42 Å². The van der Waals surface area contributed by atoms with Gasteiger partial charge in [-0.1, -0.05) is 5.16 Å². The lowest BCUT2D eigenvalue weighted by Gasteiger charge is -1.95. The Bertz CT molecular complexity index is 316. The second kappa shape index (κ2) is 2.44. The first-order valence-electron chi connectivity index (χ1n) is 3.42. The summed E-state index contributed by atoms with van der Waals surface area (Å²) in [7, 11) is 0. The number of ether oxygens (including phenoxy) is 1. The van der Waals surface area contributed by atoms with Gasteiger partial charge in [-0.3, -0.25) is 9.59 Å². The maximum atomic E-state index is 11.0. The van der Waals surface area contributed by atoms with Crippen LogP contribution in [0, 0.1) is 0 Å². The van der Waals surface area contributed by atoms with Gasteiger partial charge >= 0.3 is 11.9 Å². The fourth-order valence-corrected chi connectivity index (χ4v) is 1.10. The lowest BCUT2D eigenvalue weighted by atomic mass is 10.1. The molecule has 0 aliphatic carbocycles. The average molecular weight is 167 g/mol. The number of hydrogen-bond acceptors (Lipinski definition) is 5. The third-order valence-corrected chi connectivity index (χ3v) is 1.68. The average Bonchev–Trinajstić information content (AvgIpc) is 2.58. The Balaban J connectivity index is 2.26. The minimum atomic E-state index is -0.573. The summed E-state index contributed by atoms with van der Waals surface area (Å²) >= 11 is 0. The van der Waals surface area contributed by atoms with Crippen LogP contribution in [0.5, 0.6) is 0 Å². The first kappa shape index (κ1) is 7.02. The fraction of sp³-hybridized carbons (Fsp3) is 0.286. The summed E-state index contributed by atoms with van der Waals surface area (Å²) in [6.45, 7) is 0. The fourth-order valence-electron chi connectivity index (χ4n) is 1.10. The van der Waals surface area contributed by atoms with Crippen LogP contribution in [0.3, 0.4) is 0 Å². The van der Waals surface area contributed by atoms with Crippen molar-refractivity contribution in [2.24, 2.45) is 0 Å². The number of aromatic nitrogens is 1. The zero-order valence-corrected chi connectivity index (χ0v) is 6.02. The molecule has 1 fully saturated rings. The van der Waals surface area contributed by atoms with Gasteiger partial charge in [0.25, 0.3) is 0 Å². The molecular weight excluding hydrogens is 162 g/mol. The third-order valence-electron chi connectivity index (χ3n) is 1.68. The highest BCUT2D eigenvalue weighted by Crippen LogP contribution is 2.25. The van der Waals surface area contributed by atoms with E-state index in [4.69, 9.17) is 0 Å². The van der Waals surface area contributed by atoms with E-state index in [9.17, 15) is 9.59 Å². The third kappa shape index (κ3) is 0.990. The summed E-state index contributed by atoms with van der Waals surface area (Å²) in [6, 6.07) is 1.55. The van der Waals surface area contributed by atoms with Gasteiger partial charge in [0.1, 0.15) is 12.2 Å². The Morgan fingerprint density at radius 2 is 2.33 bits per heavy atom. The second-order valence-electron chi connectivity index (χ2n) is 2.47. The lowest BCUT2D eigenvalue weighted by Crippen LogP contribution is -2.05. The highest BCUT2D eigenvalue weighted by Gasteiger charge is 2.36. The summed E-state index contributed by atoms with van der Waals surface area (Å²) < 4.78 is 8.88. The minimum Gasteiger partial charge on any atom is -0.393 e. The number of rotatable bonds is 1. The SMILES string of the molecule is O=C1CC(c2ccon2)C(=O)O1. The van der Waals surface area contributed by atoms with Crippen LogP contribution in [0.2, 0.25) is 0 Å². The van der Waals surface area contributed by atoms with Gasteiger partial charge in [0.05, 0.1) is 12.1 Å². The molecule has 0 radical (unpaired) electrons. The summed E-state index contributed by atoms with van der Waals surface area (Å²) in [6.07, 6.45) is 1.41. The molecule has 5 heteroatoms. The molecule has 62 valence electrons. The van der Waals surface area contributed by atoms with Crippen molar-refractivity contribution in [2.75, 3.05) is 0 Å². The van der Waals surface area contributed by atoms with Crippen LogP contribution in [0.25, 0.3) is 0 Å². The molecule has 5 nitrogen and oxygen atoms in total. The van der Waals surface area contributed by atoms with E-state index < -0.39 is 17.9 Å². The van der Waals surface area contributed by atoms with Gasteiger partial charge in [-0.2, -0.15) is 0 Å². The molecule has 1 aliphatic heterocycles. The van der Waals surface area contributed by atoms with Crippen LogP contribution >= 0.6 is 0 Å². The molecule has 0 bridgehead atoms. The lowest BCUT2D eigenvalue weighted by molar-refractivity contribution is -0.152. The van der Waals surface area contributed by atoms with Crippen molar-refractivity contribution in [3.63, 3.8) is 0 Å². The largest absolute Gasteiger partial charge is 0.393 e. The molecule has 0 aromatic carbocycles. The second-order valence-corrected chi connectivity index (χ2v) is 2.47. The van der Waals surface area contributed by atoms with E-state index in [1.165, 1.54) is 6.26 Å². The molecule has 1 unspecified atom stereocenters. The Kier molecular flexibility index (Phi) is 1.43. The summed E-state index contributed by atoms with van der Waals surface area (Å²) in [5.41, 5.74) is 0.450. The normalized spacial score (nSPS) is 22.8. The van der Waals surface area contributed by atoms with E-state index in [0.717, 1.165) is 0 Å². The molecule has 1 aromatic heterocycles. The van der Waals surface area contributed by atoms with E-state index >= 15 is 0 Å². The highest BCUT2D eigenvalue weighted by atomic mass is 16.6. The summed E-state index contributed by atoms with van der Waals surface area (Å²) in [4.78, 5) is 21.6. The topological polar surface area (TPSA) is 69.4 Å². The Morgan fingerprint density at radius 1 is 1.50 bits per heavy atom. The van der Waals surface area contributed by atoms with Gasteiger partial charge in [0.15, 0.2) is 0 Å². The first-order chi connectivity index (χ1) is 5.77. The van der Waals surface area contributed by atoms with Crippen LogP contribution in [-0.4, -0.2) is 17.1 Å². The molecule has 1 saturated heterocycles. The van der Waals surface area contributed by atoms with Crippen molar-refractivity contribution in [2.45, 2.75) is 12.3 Å². The van der Waals surface area contributed by atoms with Crippen molar-refractivity contribution in [3.8, 4) is 0 Å². The maximum Gasteiger partial charge on any atom is 0.323 e. The van der Waals surface area contributed by atoms with Crippen molar-refractivity contribution in [1.82, 2.24) is 5.16 Å². The van der Waals surface area contributed by atoms with Crippen LogP contribution in [-0.2, 0) is 14.3 Å². The molecule has 12 heavy (non-hydrogen) atoms. The van der Waals surface area contributed by atoms with Crippen molar-refractivity contribution in [1.29, 1.82) is 0 Å². The number of hydrogen-bond donors (Lipinski definition) is 0. The molecule has 2 rings (SSSR count). The quantitative estimate of drug-likeness (QED) is 0.442. The van der Waals surface area contributed by atoms with Gasteiger partial charge in [-0.25, -0.2) is 0 Å². The molecule has 1 atom stereocenters. The number of nitrogens with zero attached hydrogens (tertiary/aromatic N) is 1. The van der Waals surface area contributed by atoms with E-state index in [1.807, 2.05) is 0 Å². The Morgan fingerprint density at radius 3 is 2.83 bits per heavy atom. The van der Waals surface area contributed by atoms with E-state index in [0.29, 0.717) is 5.69 Å². The number of carbonyl (C=O) groups excluding carboxylic acids is 2. The van der Waals surface area contributed by atoms with E-state index in [2.05, 4.69) is 14.4 Å². The molecule has 2 heterocycles. The monoisotopic (exact) mass is 167 g/mol. The predicted octanol–water partition coefficient (Wildman–Crippen LogP) is 0.232. The maximum absolute atomic E-state index is 11.0. The van der Waals surface area contributed by atoms with Crippen LogP contribution in [0.15, 0.2) is 16.9 Å². The van der Waals surface area contributed by atoms with Crippen LogP contribution in [0.4, 0.5) is 0 Å². The predicted molar refractivity (Wildman–Crippen MR) is 35.0 cm³/mol. The van der Waals surface area contributed by atoms with Gasteiger partial charge in [0.2, 0.25) is 0 Å². The van der Waals surface area contributed by atoms with Crippen LogP contribution < -0.4 is 0 Å². The molecule has 0 spiro atoms. The standard InChI is InChI=1S/C7H5NO4/c9-6-3-4(7(10)12-6)5-1-2-11-8-5/h1-2,4H,3H2. The molecule has 0 N–H and O–H groups in total. The zero-order chi connectivity index (χ0) is 8.55. The Hall–Kier alpha value is -1.65. The number of cyclic esters (lactones) is 2. The van der Waals surface area contributed by atoms with Crippen molar-refractivity contribution >= 4 is 11.9 Å². The molecule has 1 aliphatic rings. The van der Waals surface area contributed by atoms with Crippen molar-refractivity contribution < 1.29 is 18.8 Å². The smallest absolute Gasteiger partial charge is 0.323 e. The molecule has 0 amide bonds. The first-order valence-corrected chi connectivity index (χ1v) is 3.42. The van der Waals surface area contributed by atoms with Gasteiger partial charge in [-0.15, -0.1) is 0 Å². The number of esters is 2. The molecule has 1 aromatic rings. The minimum absolute atomic E-state index is 0.0609. The van der Waals surface area contributed by atoms with Crippen LogP contribution in [0.1, 0.15) is 18.0 Å². The van der Waals surface area contributed by atoms with E-state index in [1.54, 1.807) is 6.07 Å². The number of carbonyl (C=O) groups is 2. The summed E-state index contributed by atoms with van der Waals surface area (Å²) in [5, 5.41) is 3.56. The Labute approximate surface area is 67.3 Å². The van der Waals surface area contributed by atoms with Gasteiger partial charge < -0.3 is 9.26 Å². The zero-order valence-electron chi connectivity index (χ0n) is 6.02. The van der Waals surface area contributed by atoms with Crippen molar-refractivity contribution in [3.05, 3.63) is 18.0 Å². The molecular formula is C7H5NO4. The van der Waals surface area contributed by atoms with Gasteiger partial charge in [0, 0.05) is 6.07 Å². The summed E-state index contributed by atoms with van der Waals surface area (Å²) in [5.74, 6) is -1.63. The molecule has 0 saturated carbocycles. The van der Waals surface area contributed by atoms with Gasteiger partial charge in [-0.05, 0) is 0 Å². The highest BCUT2D eigenvalue weighted by molar-refractivity contribution is 5.97.